The van der Waals surface area contributed by atoms with Gasteiger partial charge >= 0.3 is 5.97 Å². The van der Waals surface area contributed by atoms with Gasteiger partial charge in [-0.3, -0.25) is 19.2 Å². The summed E-state index contributed by atoms with van der Waals surface area (Å²) in [5.41, 5.74) is 2.06. The lowest BCUT2D eigenvalue weighted by Crippen LogP contribution is -2.59. The number of Topliss-reactive ketones (excluding diaryl/α,β-unsaturated/α-hetero) is 3. The molecule has 11 heteroatoms. The predicted molar refractivity (Wildman–Crippen MR) is 231 cm³/mol. The fourth-order valence-corrected chi connectivity index (χ4v) is 8.17. The summed E-state index contributed by atoms with van der Waals surface area (Å²) in [4.78, 5) is 62.3. The number of aliphatic hydroxyl groups is 2. The van der Waals surface area contributed by atoms with Crippen molar-refractivity contribution in [2.45, 2.75) is 175 Å². The van der Waals surface area contributed by atoms with Crippen molar-refractivity contribution in [2.24, 2.45) is 29.6 Å². The molecule has 8 unspecified atom stereocenters. The van der Waals surface area contributed by atoms with Crippen LogP contribution in [0.1, 0.15) is 151 Å². The van der Waals surface area contributed by atoms with E-state index in [0.29, 0.717) is 62.0 Å². The maximum absolute atomic E-state index is 12.8. The minimum absolute atomic E-state index is 0.0712. The first-order chi connectivity index (χ1) is 27.9. The number of piperidine rings is 1. The molecule has 1 amide bonds. The van der Waals surface area contributed by atoms with E-state index in [1.165, 1.54) is 24.8 Å². The van der Waals surface area contributed by atoms with Crippen LogP contribution in [-0.4, -0.2) is 93.7 Å². The van der Waals surface area contributed by atoms with E-state index < -0.39 is 41.5 Å². The summed E-state index contributed by atoms with van der Waals surface area (Å²) in [7, 11) is 1.81. The number of carboxylic acid groups (broad SMARTS) is 1. The topological polar surface area (TPSA) is 168 Å². The number of amides is 1. The lowest BCUT2D eigenvalue weighted by molar-refractivity contribution is -0.240. The van der Waals surface area contributed by atoms with Crippen molar-refractivity contribution in [1.29, 1.82) is 0 Å². The normalized spacial score (nSPS) is 26.4. The largest absolute Gasteiger partial charge is 0.480 e. The molecule has 9 atom stereocenters. The van der Waals surface area contributed by atoms with Crippen LogP contribution in [0.4, 0.5) is 0 Å². The van der Waals surface area contributed by atoms with Gasteiger partial charge in [-0.1, -0.05) is 89.5 Å². The Balaban J connectivity index is 0.000000478. The molecule has 11 nitrogen and oxygen atoms in total. The van der Waals surface area contributed by atoms with Gasteiger partial charge in [-0.05, 0) is 108 Å². The highest BCUT2D eigenvalue weighted by atomic mass is 16.6. The van der Waals surface area contributed by atoms with Crippen LogP contribution in [-0.2, 0) is 33.4 Å². The standard InChI is InChI=1S/C34H56O4.C14H21NO6/c1-8-25(2)15-12-10-9-11-13-16-27(4)33(36)24-34(37)29(6)22-28(5)32(35)20-19-26(3)21-30-17-14-18-31(23-30)38-7;1-9-5-4-8-21-14(9,20)11(16)12(17)15-7-3-2-6-10(15)13(18)19/h9-12,15,22,26-28,30-31,34,37H,8,13-14,16-21,23-24H2,1-7H3;9-10,20H,2-8H2,1H3,(H,18,19)/b11-9+,12-10+,25-15+,29-22+;/t26?,27?,28-,30?,31?,34?;/m1./s1. The third kappa shape index (κ3) is 17.7. The second kappa shape index (κ2) is 26.9. The monoisotopic (exact) mass is 828 g/mol. The van der Waals surface area contributed by atoms with Crippen LogP contribution in [0.25, 0.3) is 0 Å². The molecule has 2 aliphatic heterocycles. The average molecular weight is 828 g/mol. The Morgan fingerprint density at radius 1 is 0.932 bits per heavy atom. The SMILES string of the molecule is CC/C(C)=C/C=C/C=C/CCC(C)C(=O)CC(O)/C(C)=C/[C@@H](C)C(=O)CCC(C)CC1CCCC(OC)C1.CC1CCCOC1(O)C(=O)C(=O)N1CCCCC1C(=O)O. The molecule has 3 aliphatic rings. The van der Waals surface area contributed by atoms with Gasteiger partial charge in [0.15, 0.2) is 0 Å². The molecule has 2 saturated heterocycles. The zero-order valence-corrected chi connectivity index (χ0v) is 37.5. The molecule has 0 aromatic rings. The molecule has 0 radical (unpaired) electrons. The number of ether oxygens (including phenoxy) is 2. The average Bonchev–Trinajstić information content (AvgIpc) is 3.22. The highest BCUT2D eigenvalue weighted by Gasteiger charge is 2.50. The highest BCUT2D eigenvalue weighted by molar-refractivity contribution is 6.39. The first-order valence-corrected chi connectivity index (χ1v) is 22.3. The summed E-state index contributed by atoms with van der Waals surface area (Å²) in [6.45, 7) is 14.2. The number of carboxylic acids is 1. The van der Waals surface area contributed by atoms with Crippen LogP contribution in [0.3, 0.4) is 0 Å². The second-order valence-corrected chi connectivity index (χ2v) is 17.5. The maximum Gasteiger partial charge on any atom is 0.326 e. The number of methoxy groups -OCH3 is 1. The lowest BCUT2D eigenvalue weighted by Gasteiger charge is -2.38. The summed E-state index contributed by atoms with van der Waals surface area (Å²) < 4.78 is 10.7. The van der Waals surface area contributed by atoms with Crippen molar-refractivity contribution < 1.29 is 48.8 Å². The van der Waals surface area contributed by atoms with E-state index in [1.54, 1.807) is 6.92 Å². The number of aliphatic carboxylic acids is 1. The van der Waals surface area contributed by atoms with E-state index in [4.69, 9.17) is 14.6 Å². The quantitative estimate of drug-likeness (QED) is 0.0580. The minimum atomic E-state index is -2.13. The van der Waals surface area contributed by atoms with Crippen molar-refractivity contribution in [2.75, 3.05) is 20.3 Å². The van der Waals surface area contributed by atoms with Gasteiger partial charge in [-0.15, -0.1) is 0 Å². The molecule has 0 aromatic carbocycles. The first kappa shape index (κ1) is 51.9. The number of hydrogen-bond acceptors (Lipinski definition) is 9. The van der Waals surface area contributed by atoms with Crippen molar-refractivity contribution in [1.82, 2.24) is 4.90 Å². The van der Waals surface area contributed by atoms with E-state index in [-0.39, 0.29) is 43.0 Å². The van der Waals surface area contributed by atoms with Crippen LogP contribution >= 0.6 is 0 Å². The minimum Gasteiger partial charge on any atom is -0.480 e. The molecule has 0 aromatic heterocycles. The van der Waals surface area contributed by atoms with Gasteiger partial charge in [0.1, 0.15) is 17.6 Å². The van der Waals surface area contributed by atoms with Gasteiger partial charge in [0, 0.05) is 44.2 Å². The number of nitrogens with zero attached hydrogens (tertiary/aromatic N) is 1. The van der Waals surface area contributed by atoms with E-state index >= 15 is 0 Å². The molecule has 3 rings (SSSR count). The molecule has 0 spiro atoms. The van der Waals surface area contributed by atoms with Crippen molar-refractivity contribution in [3.63, 3.8) is 0 Å². The fourth-order valence-electron chi connectivity index (χ4n) is 8.17. The van der Waals surface area contributed by atoms with Gasteiger partial charge in [-0.25, -0.2) is 4.79 Å². The summed E-state index contributed by atoms with van der Waals surface area (Å²) in [5.74, 6) is -4.59. The number of allylic oxidation sites excluding steroid dienone is 7. The van der Waals surface area contributed by atoms with Crippen LogP contribution < -0.4 is 0 Å². The molecule has 3 N–H and O–H groups in total. The number of rotatable bonds is 21. The van der Waals surface area contributed by atoms with Crippen LogP contribution in [0.2, 0.25) is 0 Å². The third-order valence-electron chi connectivity index (χ3n) is 12.6. The summed E-state index contributed by atoms with van der Waals surface area (Å²) in [6.07, 6.45) is 24.9. The zero-order chi connectivity index (χ0) is 44.1. The van der Waals surface area contributed by atoms with Crippen molar-refractivity contribution in [3.05, 3.63) is 47.6 Å². The van der Waals surface area contributed by atoms with Crippen LogP contribution in [0.15, 0.2) is 47.6 Å². The number of ketones is 3. The van der Waals surface area contributed by atoms with E-state index in [1.807, 2.05) is 52.2 Å². The molecular weight excluding hydrogens is 751 g/mol. The second-order valence-electron chi connectivity index (χ2n) is 17.5. The van der Waals surface area contributed by atoms with Gasteiger partial charge < -0.3 is 29.7 Å². The van der Waals surface area contributed by atoms with E-state index in [9.17, 15) is 34.2 Å². The Morgan fingerprint density at radius 2 is 1.66 bits per heavy atom. The van der Waals surface area contributed by atoms with E-state index in [0.717, 1.165) is 43.4 Å². The van der Waals surface area contributed by atoms with Gasteiger partial charge in [0.05, 0.1) is 18.8 Å². The Morgan fingerprint density at radius 3 is 2.32 bits per heavy atom. The van der Waals surface area contributed by atoms with Gasteiger partial charge in [-0.2, -0.15) is 0 Å². The number of carbonyl (C=O) groups excluding carboxylic acids is 4. The predicted octanol–water partition coefficient (Wildman–Crippen LogP) is 8.51. The molecule has 1 aliphatic carbocycles. The maximum atomic E-state index is 12.8. The molecule has 3 fully saturated rings. The number of likely N-dealkylation sites (tertiary alicyclic amines) is 1. The third-order valence-corrected chi connectivity index (χ3v) is 12.6. The Bertz CT molecular complexity index is 1480. The fraction of sp³-hybridized carbons (Fsp3) is 0.729. The number of hydrogen-bond donors (Lipinski definition) is 3. The smallest absolute Gasteiger partial charge is 0.326 e. The molecule has 2 heterocycles. The van der Waals surface area contributed by atoms with Gasteiger partial charge in [0.25, 0.3) is 11.7 Å². The number of carbonyl (C=O) groups is 5. The highest BCUT2D eigenvalue weighted by Crippen LogP contribution is 2.33. The van der Waals surface area contributed by atoms with Gasteiger partial charge in [0.2, 0.25) is 5.79 Å². The molecule has 0 bridgehead atoms. The molecule has 1 saturated carbocycles. The zero-order valence-electron chi connectivity index (χ0n) is 37.5. The van der Waals surface area contributed by atoms with Crippen LogP contribution in [0, 0.1) is 29.6 Å². The Hall–Kier alpha value is -3.25. The summed E-state index contributed by atoms with van der Waals surface area (Å²) in [5, 5.41) is 30.1. The Kier molecular flexibility index (Phi) is 23.6. The first-order valence-electron chi connectivity index (χ1n) is 22.3. The lowest BCUT2D eigenvalue weighted by atomic mass is 9.80. The Labute approximate surface area is 354 Å². The number of aliphatic hydroxyl groups excluding tert-OH is 1. The van der Waals surface area contributed by atoms with E-state index in [2.05, 4.69) is 32.9 Å². The molecular formula is C48H77NO10. The molecule has 334 valence electrons. The summed E-state index contributed by atoms with van der Waals surface area (Å²) in [6, 6.07) is -1.00. The van der Waals surface area contributed by atoms with Crippen molar-refractivity contribution >= 4 is 29.2 Å². The molecule has 59 heavy (non-hydrogen) atoms. The van der Waals surface area contributed by atoms with Crippen LogP contribution in [0.5, 0.6) is 0 Å². The summed E-state index contributed by atoms with van der Waals surface area (Å²) >= 11 is 0. The van der Waals surface area contributed by atoms with Crippen molar-refractivity contribution in [3.8, 4) is 0 Å².